The number of fused-ring (bicyclic) bond motifs is 1. The monoisotopic (exact) mass is 376 g/mol. The van der Waals surface area contributed by atoms with Crippen molar-refractivity contribution >= 4 is 17.7 Å². The van der Waals surface area contributed by atoms with E-state index in [2.05, 4.69) is 13.8 Å². The van der Waals surface area contributed by atoms with Crippen LogP contribution < -0.4 is 0 Å². The molecule has 0 saturated carbocycles. The number of amides is 3. The molecule has 1 saturated heterocycles. The van der Waals surface area contributed by atoms with E-state index in [9.17, 15) is 14.4 Å². The molecule has 2 aromatic carbocycles. The molecule has 0 bridgehead atoms. The highest BCUT2D eigenvalue weighted by Crippen LogP contribution is 2.28. The SMILES string of the molecule is CC1CCCC(C)N1C(=O)c1ccc2c(c1)C(=O)N(Cc1ccccc1)C2=O. The summed E-state index contributed by atoms with van der Waals surface area (Å²) in [7, 11) is 0. The fourth-order valence-corrected chi connectivity index (χ4v) is 4.30. The van der Waals surface area contributed by atoms with Gasteiger partial charge in [-0.25, -0.2) is 0 Å². The van der Waals surface area contributed by atoms with Gasteiger partial charge in [-0.1, -0.05) is 30.3 Å². The summed E-state index contributed by atoms with van der Waals surface area (Å²) < 4.78 is 0. The summed E-state index contributed by atoms with van der Waals surface area (Å²) in [5.74, 6) is -0.704. The number of nitrogens with zero attached hydrogens (tertiary/aromatic N) is 2. The van der Waals surface area contributed by atoms with E-state index in [1.165, 1.54) is 4.90 Å². The Labute approximate surface area is 164 Å². The second-order valence-electron chi connectivity index (χ2n) is 7.78. The predicted molar refractivity (Wildman–Crippen MR) is 106 cm³/mol. The van der Waals surface area contributed by atoms with Gasteiger partial charge in [0.1, 0.15) is 0 Å². The Kier molecular flexibility index (Phi) is 4.75. The summed E-state index contributed by atoms with van der Waals surface area (Å²) in [6, 6.07) is 14.7. The lowest BCUT2D eigenvalue weighted by molar-refractivity contribution is 0.0510. The predicted octanol–water partition coefficient (Wildman–Crippen LogP) is 3.89. The van der Waals surface area contributed by atoms with Crippen molar-refractivity contribution < 1.29 is 14.4 Å². The maximum atomic E-state index is 13.1. The number of carbonyl (C=O) groups excluding carboxylic acids is 3. The van der Waals surface area contributed by atoms with E-state index in [0.29, 0.717) is 16.7 Å². The highest BCUT2D eigenvalue weighted by Gasteiger charge is 2.37. The van der Waals surface area contributed by atoms with E-state index in [-0.39, 0.29) is 36.3 Å². The average Bonchev–Trinajstić information content (AvgIpc) is 2.93. The quantitative estimate of drug-likeness (QED) is 0.764. The van der Waals surface area contributed by atoms with Gasteiger partial charge in [-0.05, 0) is 56.9 Å². The minimum atomic E-state index is -0.335. The first-order valence-electron chi connectivity index (χ1n) is 9.84. The molecule has 0 spiro atoms. The maximum absolute atomic E-state index is 13.1. The van der Waals surface area contributed by atoms with E-state index < -0.39 is 0 Å². The molecule has 28 heavy (non-hydrogen) atoms. The molecular formula is C23H24N2O3. The molecule has 2 unspecified atom stereocenters. The van der Waals surface area contributed by atoms with Crippen LogP contribution in [0.15, 0.2) is 48.5 Å². The van der Waals surface area contributed by atoms with Gasteiger partial charge in [-0.3, -0.25) is 19.3 Å². The van der Waals surface area contributed by atoms with Gasteiger partial charge in [0.05, 0.1) is 17.7 Å². The van der Waals surface area contributed by atoms with Crippen LogP contribution in [0.1, 0.15) is 69.7 Å². The summed E-state index contributed by atoms with van der Waals surface area (Å²) in [4.78, 5) is 41.8. The van der Waals surface area contributed by atoms with Crippen LogP contribution in [0.5, 0.6) is 0 Å². The van der Waals surface area contributed by atoms with Gasteiger partial charge in [0.2, 0.25) is 0 Å². The Morgan fingerprint density at radius 3 is 2.25 bits per heavy atom. The van der Waals surface area contributed by atoms with Gasteiger partial charge in [0, 0.05) is 17.6 Å². The molecule has 2 aromatic rings. The third-order valence-electron chi connectivity index (χ3n) is 5.83. The van der Waals surface area contributed by atoms with E-state index in [1.54, 1.807) is 18.2 Å². The highest BCUT2D eigenvalue weighted by atomic mass is 16.2. The van der Waals surface area contributed by atoms with E-state index in [4.69, 9.17) is 0 Å². The zero-order valence-electron chi connectivity index (χ0n) is 16.2. The molecule has 2 aliphatic rings. The molecular weight excluding hydrogens is 352 g/mol. The van der Waals surface area contributed by atoms with Crippen molar-refractivity contribution in [1.82, 2.24) is 9.80 Å². The number of likely N-dealkylation sites (tertiary alicyclic amines) is 1. The molecule has 0 aromatic heterocycles. The average molecular weight is 376 g/mol. The first-order valence-corrected chi connectivity index (χ1v) is 9.84. The molecule has 2 atom stereocenters. The van der Waals surface area contributed by atoms with Crippen LogP contribution in [0.2, 0.25) is 0 Å². The lowest BCUT2D eigenvalue weighted by atomic mass is 9.95. The molecule has 144 valence electrons. The zero-order valence-corrected chi connectivity index (χ0v) is 16.2. The Balaban J connectivity index is 1.61. The second-order valence-corrected chi connectivity index (χ2v) is 7.78. The molecule has 0 N–H and O–H groups in total. The molecule has 5 heteroatoms. The third kappa shape index (κ3) is 3.11. The van der Waals surface area contributed by atoms with Crippen molar-refractivity contribution in [2.24, 2.45) is 0 Å². The van der Waals surface area contributed by atoms with Crippen LogP contribution in [0.3, 0.4) is 0 Å². The van der Waals surface area contributed by atoms with Crippen molar-refractivity contribution in [2.45, 2.75) is 51.7 Å². The Bertz CT molecular complexity index is 928. The summed E-state index contributed by atoms with van der Waals surface area (Å²) in [5.41, 5.74) is 2.06. The zero-order chi connectivity index (χ0) is 19.8. The van der Waals surface area contributed by atoms with Crippen molar-refractivity contribution in [1.29, 1.82) is 0 Å². The van der Waals surface area contributed by atoms with Crippen LogP contribution in [0.25, 0.3) is 0 Å². The fourth-order valence-electron chi connectivity index (χ4n) is 4.30. The largest absolute Gasteiger partial charge is 0.333 e. The van der Waals surface area contributed by atoms with Gasteiger partial charge in [-0.2, -0.15) is 0 Å². The van der Waals surface area contributed by atoms with E-state index in [1.807, 2.05) is 35.2 Å². The molecule has 0 aliphatic carbocycles. The summed E-state index contributed by atoms with van der Waals surface area (Å²) in [6.07, 6.45) is 3.10. The van der Waals surface area contributed by atoms with Crippen LogP contribution in [-0.2, 0) is 6.54 Å². The summed E-state index contributed by atoms with van der Waals surface area (Å²) in [6.45, 7) is 4.37. The van der Waals surface area contributed by atoms with Crippen molar-refractivity contribution in [3.05, 3.63) is 70.8 Å². The van der Waals surface area contributed by atoms with E-state index in [0.717, 1.165) is 24.8 Å². The number of hydrogen-bond acceptors (Lipinski definition) is 3. The van der Waals surface area contributed by atoms with Crippen LogP contribution in [0.4, 0.5) is 0 Å². The van der Waals surface area contributed by atoms with Crippen LogP contribution >= 0.6 is 0 Å². The number of piperidine rings is 1. The van der Waals surface area contributed by atoms with Gasteiger partial charge < -0.3 is 4.90 Å². The number of hydrogen-bond donors (Lipinski definition) is 0. The van der Waals surface area contributed by atoms with Gasteiger partial charge >= 0.3 is 0 Å². The maximum Gasteiger partial charge on any atom is 0.261 e. The molecule has 2 heterocycles. The van der Waals surface area contributed by atoms with Crippen molar-refractivity contribution in [2.75, 3.05) is 0 Å². The highest BCUT2D eigenvalue weighted by molar-refractivity contribution is 6.22. The van der Waals surface area contributed by atoms with Crippen molar-refractivity contribution in [3.8, 4) is 0 Å². The Morgan fingerprint density at radius 2 is 1.57 bits per heavy atom. The molecule has 5 nitrogen and oxygen atoms in total. The number of benzene rings is 2. The topological polar surface area (TPSA) is 57.7 Å². The molecule has 4 rings (SSSR count). The number of imide groups is 1. The second kappa shape index (κ2) is 7.23. The number of carbonyl (C=O) groups is 3. The van der Waals surface area contributed by atoms with E-state index >= 15 is 0 Å². The van der Waals surface area contributed by atoms with Gasteiger partial charge in [0.15, 0.2) is 0 Å². The summed E-state index contributed by atoms with van der Waals surface area (Å²) >= 11 is 0. The standard InChI is InChI=1S/C23H24N2O3/c1-15-7-6-8-16(2)25(15)21(26)18-11-12-19-20(13-18)23(28)24(22(19)27)14-17-9-4-3-5-10-17/h3-5,9-13,15-16H,6-8,14H2,1-2H3. The lowest BCUT2D eigenvalue weighted by Crippen LogP contribution is -2.47. The van der Waals surface area contributed by atoms with Crippen molar-refractivity contribution in [3.63, 3.8) is 0 Å². The molecule has 2 aliphatic heterocycles. The Hall–Kier alpha value is -2.95. The minimum absolute atomic E-state index is 0.0655. The first-order chi connectivity index (χ1) is 13.5. The van der Waals surface area contributed by atoms with Crippen LogP contribution in [-0.4, -0.2) is 39.6 Å². The summed E-state index contributed by atoms with van der Waals surface area (Å²) in [5, 5.41) is 0. The Morgan fingerprint density at radius 1 is 0.929 bits per heavy atom. The smallest absolute Gasteiger partial charge is 0.261 e. The minimum Gasteiger partial charge on any atom is -0.333 e. The van der Waals surface area contributed by atoms with Gasteiger partial charge in [-0.15, -0.1) is 0 Å². The number of rotatable bonds is 3. The molecule has 3 amide bonds. The first kappa shape index (κ1) is 18.4. The molecule has 0 radical (unpaired) electrons. The lowest BCUT2D eigenvalue weighted by Gasteiger charge is -2.39. The van der Waals surface area contributed by atoms with Crippen LogP contribution in [0, 0.1) is 0 Å². The van der Waals surface area contributed by atoms with Gasteiger partial charge in [0.25, 0.3) is 17.7 Å². The third-order valence-corrected chi connectivity index (χ3v) is 5.83. The normalized spacial score (nSPS) is 21.8. The fraction of sp³-hybridized carbons (Fsp3) is 0.348. The molecule has 1 fully saturated rings.